The van der Waals surface area contributed by atoms with Gasteiger partial charge in [-0.25, -0.2) is 9.13 Å². The molecule has 17 nitrogen and oxygen atoms in total. The zero-order chi connectivity index (χ0) is 65.6. The van der Waals surface area contributed by atoms with Crippen LogP contribution in [0.5, 0.6) is 0 Å². The number of esters is 4. The van der Waals surface area contributed by atoms with Crippen LogP contribution in [0.2, 0.25) is 0 Å². The topological polar surface area (TPSA) is 237 Å². The van der Waals surface area contributed by atoms with Gasteiger partial charge in [0, 0.05) is 25.7 Å². The maximum absolute atomic E-state index is 13.0. The van der Waals surface area contributed by atoms with Crippen LogP contribution in [0.15, 0.2) is 0 Å². The molecule has 19 heteroatoms. The van der Waals surface area contributed by atoms with Gasteiger partial charge in [-0.2, -0.15) is 0 Å². The van der Waals surface area contributed by atoms with Crippen molar-refractivity contribution >= 4 is 39.5 Å². The number of aliphatic hydroxyl groups excluding tert-OH is 1. The average molecular weight is 1310 g/mol. The van der Waals surface area contributed by atoms with Crippen LogP contribution in [0.25, 0.3) is 0 Å². The zero-order valence-corrected chi connectivity index (χ0v) is 59.4. The highest BCUT2D eigenvalue weighted by molar-refractivity contribution is 7.47. The summed E-state index contributed by atoms with van der Waals surface area (Å²) in [5.74, 6) is -1.40. The normalized spacial score (nSPS) is 14.4. The monoisotopic (exact) mass is 1310 g/mol. The maximum Gasteiger partial charge on any atom is 0.472 e. The lowest BCUT2D eigenvalue weighted by Crippen LogP contribution is -2.30. The Balaban J connectivity index is 5.21. The van der Waals surface area contributed by atoms with Crippen LogP contribution in [-0.2, 0) is 65.4 Å². The van der Waals surface area contributed by atoms with Crippen LogP contribution < -0.4 is 0 Å². The molecule has 0 heterocycles. The molecule has 89 heavy (non-hydrogen) atoms. The van der Waals surface area contributed by atoms with Crippen LogP contribution in [-0.4, -0.2) is 96.7 Å². The molecule has 0 saturated carbocycles. The number of ether oxygens (including phenoxy) is 4. The van der Waals surface area contributed by atoms with Crippen LogP contribution in [0, 0.1) is 5.92 Å². The van der Waals surface area contributed by atoms with E-state index in [1.54, 1.807) is 0 Å². The predicted octanol–water partition coefficient (Wildman–Crippen LogP) is 20.1. The molecule has 528 valence electrons. The van der Waals surface area contributed by atoms with Gasteiger partial charge in [-0.3, -0.25) is 37.3 Å². The molecule has 0 aliphatic rings. The van der Waals surface area contributed by atoms with E-state index in [-0.39, 0.29) is 25.7 Å². The van der Waals surface area contributed by atoms with Gasteiger partial charge in [0.2, 0.25) is 0 Å². The van der Waals surface area contributed by atoms with Crippen molar-refractivity contribution in [3.05, 3.63) is 0 Å². The van der Waals surface area contributed by atoms with Crippen molar-refractivity contribution in [2.75, 3.05) is 39.6 Å². The maximum atomic E-state index is 13.0. The highest BCUT2D eigenvalue weighted by atomic mass is 31.2. The first-order chi connectivity index (χ1) is 43.1. The smallest absolute Gasteiger partial charge is 0.462 e. The van der Waals surface area contributed by atoms with Gasteiger partial charge in [0.15, 0.2) is 12.2 Å². The third kappa shape index (κ3) is 63.2. The van der Waals surface area contributed by atoms with Crippen LogP contribution in [0.4, 0.5) is 0 Å². The van der Waals surface area contributed by atoms with Gasteiger partial charge in [0.25, 0.3) is 0 Å². The van der Waals surface area contributed by atoms with Gasteiger partial charge in [-0.1, -0.05) is 311 Å². The molecule has 6 atom stereocenters. The van der Waals surface area contributed by atoms with E-state index in [0.29, 0.717) is 25.7 Å². The van der Waals surface area contributed by atoms with Crippen LogP contribution in [0.1, 0.15) is 362 Å². The number of aliphatic hydroxyl groups is 1. The molecule has 0 fully saturated rings. The van der Waals surface area contributed by atoms with Gasteiger partial charge in [0.1, 0.15) is 19.3 Å². The second kappa shape index (κ2) is 63.5. The standard InChI is InChI=1S/C70H136O17P2/c1-6-10-13-16-19-22-25-26-27-28-29-30-31-33-36-39-45-50-55-69(74)86-65(59-80-68(73)54-49-44-38-35-32-23-20-17-14-11-7-2)61-84-88(76,77)82-57-64(71)58-83-89(78,79)85-62-66(87-70(75)56-51-46-41-40-42-47-52-63(5)9-4)60-81-67(72)53-48-43-37-34-24-21-18-15-12-8-3/h63-66,71H,6-62H2,1-5H3,(H,76,77)(H,78,79)/t63?,64-,65-,66-/m1/s1. The Labute approximate surface area is 543 Å². The first-order valence-electron chi connectivity index (χ1n) is 36.7. The Morgan fingerprint density at radius 1 is 0.315 bits per heavy atom. The predicted molar refractivity (Wildman–Crippen MR) is 358 cm³/mol. The molecule has 0 aromatic rings. The van der Waals surface area contributed by atoms with Gasteiger partial charge in [0.05, 0.1) is 26.4 Å². The summed E-state index contributed by atoms with van der Waals surface area (Å²) in [6, 6.07) is 0. The molecule has 3 N–H and O–H groups in total. The SMILES string of the molecule is CCCCCCCCCCCCCCCCCCCCC(=O)O[C@H](COC(=O)CCCCCCCCCCCCC)COP(=O)(O)OC[C@@H](O)COP(=O)(O)OC[C@@H](COC(=O)CCCCCCCCCCCC)OC(=O)CCCCCCCCC(C)CC. The fraction of sp³-hybridized carbons (Fsp3) is 0.943. The summed E-state index contributed by atoms with van der Waals surface area (Å²) in [6.45, 7) is 7.19. The third-order valence-corrected chi connectivity index (χ3v) is 18.5. The summed E-state index contributed by atoms with van der Waals surface area (Å²) < 4.78 is 68.2. The lowest BCUT2D eigenvalue weighted by Gasteiger charge is -2.21. The van der Waals surface area contributed by atoms with Gasteiger partial charge in [-0.15, -0.1) is 0 Å². The molecule has 0 aromatic heterocycles. The van der Waals surface area contributed by atoms with Crippen molar-refractivity contribution in [2.24, 2.45) is 5.92 Å². The number of hydrogen-bond donors (Lipinski definition) is 3. The summed E-state index contributed by atoms with van der Waals surface area (Å²) in [5, 5.41) is 10.6. The van der Waals surface area contributed by atoms with E-state index in [2.05, 4.69) is 34.6 Å². The van der Waals surface area contributed by atoms with E-state index in [9.17, 15) is 43.2 Å². The van der Waals surface area contributed by atoms with Crippen LogP contribution >= 0.6 is 15.6 Å². The molecule has 0 bridgehead atoms. The first-order valence-corrected chi connectivity index (χ1v) is 39.7. The van der Waals surface area contributed by atoms with Crippen LogP contribution in [0.3, 0.4) is 0 Å². The molecule has 0 aliphatic heterocycles. The quantitative estimate of drug-likeness (QED) is 0.0222. The second-order valence-corrected chi connectivity index (χ2v) is 28.4. The highest BCUT2D eigenvalue weighted by Gasteiger charge is 2.30. The molecular formula is C70H136O17P2. The summed E-state index contributed by atoms with van der Waals surface area (Å²) in [4.78, 5) is 72.5. The van der Waals surface area contributed by atoms with Crippen molar-refractivity contribution in [3.63, 3.8) is 0 Å². The number of rotatable bonds is 70. The Morgan fingerprint density at radius 2 is 0.539 bits per heavy atom. The summed E-state index contributed by atoms with van der Waals surface area (Å²) >= 11 is 0. The molecule has 0 amide bonds. The van der Waals surface area contributed by atoms with E-state index in [0.717, 1.165) is 95.8 Å². The minimum Gasteiger partial charge on any atom is -0.462 e. The average Bonchev–Trinajstić information content (AvgIpc) is 3.65. The fourth-order valence-corrected chi connectivity index (χ4v) is 12.2. The Hall–Kier alpha value is -1.94. The second-order valence-electron chi connectivity index (χ2n) is 25.5. The molecule has 0 saturated heterocycles. The van der Waals surface area contributed by atoms with Gasteiger partial charge < -0.3 is 33.8 Å². The van der Waals surface area contributed by atoms with Gasteiger partial charge >= 0.3 is 39.5 Å². The van der Waals surface area contributed by atoms with Crippen molar-refractivity contribution in [1.29, 1.82) is 0 Å². The van der Waals surface area contributed by atoms with Crippen molar-refractivity contribution in [2.45, 2.75) is 380 Å². The molecular weight excluding hydrogens is 1170 g/mol. The molecule has 3 unspecified atom stereocenters. The lowest BCUT2D eigenvalue weighted by molar-refractivity contribution is -0.161. The Morgan fingerprint density at radius 3 is 0.798 bits per heavy atom. The van der Waals surface area contributed by atoms with E-state index < -0.39 is 97.5 Å². The number of phosphoric ester groups is 2. The summed E-state index contributed by atoms with van der Waals surface area (Å²) in [5.41, 5.74) is 0. The van der Waals surface area contributed by atoms with Gasteiger partial charge in [-0.05, 0) is 31.6 Å². The van der Waals surface area contributed by atoms with E-state index in [1.165, 1.54) is 186 Å². The summed E-state index contributed by atoms with van der Waals surface area (Å²) in [6.07, 6.45) is 50.0. The van der Waals surface area contributed by atoms with Crippen molar-refractivity contribution < 1.29 is 80.2 Å². The van der Waals surface area contributed by atoms with E-state index >= 15 is 0 Å². The molecule has 0 aliphatic carbocycles. The number of phosphoric acid groups is 2. The molecule has 0 radical (unpaired) electrons. The highest BCUT2D eigenvalue weighted by Crippen LogP contribution is 2.45. The van der Waals surface area contributed by atoms with Crippen molar-refractivity contribution in [1.82, 2.24) is 0 Å². The molecule has 0 spiro atoms. The minimum absolute atomic E-state index is 0.103. The van der Waals surface area contributed by atoms with E-state index in [1.807, 2.05) is 0 Å². The Kier molecular flexibility index (Phi) is 62.1. The number of carbonyl (C=O) groups is 4. The molecule has 0 aromatic carbocycles. The minimum atomic E-state index is -4.95. The Bertz CT molecular complexity index is 1720. The fourth-order valence-electron chi connectivity index (χ4n) is 10.6. The number of unbranched alkanes of at least 4 members (excludes halogenated alkanes) is 41. The lowest BCUT2D eigenvalue weighted by atomic mass is 10.00. The number of carbonyl (C=O) groups excluding carboxylic acids is 4. The van der Waals surface area contributed by atoms with Crippen molar-refractivity contribution in [3.8, 4) is 0 Å². The van der Waals surface area contributed by atoms with E-state index in [4.69, 9.17) is 37.0 Å². The molecule has 0 rings (SSSR count). The number of hydrogen-bond acceptors (Lipinski definition) is 15. The first kappa shape index (κ1) is 87.1. The zero-order valence-electron chi connectivity index (χ0n) is 57.6. The summed E-state index contributed by atoms with van der Waals surface area (Å²) in [7, 11) is -9.90. The third-order valence-electron chi connectivity index (χ3n) is 16.6. The largest absolute Gasteiger partial charge is 0.472 e.